The lowest BCUT2D eigenvalue weighted by atomic mass is 9.85. The number of benzene rings is 2. The maximum absolute atomic E-state index is 13.4. The van der Waals surface area contributed by atoms with Crippen LogP contribution in [0.15, 0.2) is 36.4 Å². The number of aromatic nitrogens is 1. The van der Waals surface area contributed by atoms with Crippen LogP contribution < -0.4 is 5.32 Å². The second kappa shape index (κ2) is 6.69. The third-order valence-corrected chi connectivity index (χ3v) is 5.66. The summed E-state index contributed by atoms with van der Waals surface area (Å²) >= 11 is 0. The van der Waals surface area contributed by atoms with E-state index in [0.717, 1.165) is 58.2 Å². The van der Waals surface area contributed by atoms with Gasteiger partial charge in [0, 0.05) is 33.8 Å². The van der Waals surface area contributed by atoms with E-state index in [1.807, 2.05) is 57.2 Å². The third-order valence-electron chi connectivity index (χ3n) is 5.66. The van der Waals surface area contributed by atoms with Gasteiger partial charge < -0.3 is 10.3 Å². The van der Waals surface area contributed by atoms with Crippen molar-refractivity contribution in [2.75, 3.05) is 5.32 Å². The Kier molecular flexibility index (Phi) is 4.34. The molecule has 1 saturated carbocycles. The average molecular weight is 360 g/mol. The molecule has 138 valence electrons. The Morgan fingerprint density at radius 2 is 1.70 bits per heavy atom. The first-order valence-corrected chi connectivity index (χ1v) is 9.50. The number of aromatic amines is 1. The second-order valence-corrected chi connectivity index (χ2v) is 7.60. The van der Waals surface area contributed by atoms with Crippen molar-refractivity contribution >= 4 is 28.3 Å². The number of rotatable bonds is 4. The molecule has 27 heavy (non-hydrogen) atoms. The van der Waals surface area contributed by atoms with Gasteiger partial charge in [0.15, 0.2) is 5.78 Å². The summed E-state index contributed by atoms with van der Waals surface area (Å²) in [7, 11) is 0. The Bertz CT molecular complexity index is 1040. The molecule has 1 aliphatic rings. The van der Waals surface area contributed by atoms with Crippen LogP contribution in [0.3, 0.4) is 0 Å². The molecule has 3 aromatic rings. The van der Waals surface area contributed by atoms with Gasteiger partial charge in [-0.15, -0.1) is 0 Å². The van der Waals surface area contributed by atoms with Gasteiger partial charge in [-0.2, -0.15) is 0 Å². The van der Waals surface area contributed by atoms with E-state index >= 15 is 0 Å². The molecular weight excluding hydrogens is 336 g/mol. The first-order chi connectivity index (χ1) is 13.0. The smallest absolute Gasteiger partial charge is 0.227 e. The summed E-state index contributed by atoms with van der Waals surface area (Å²) in [6.07, 6.45) is 3.06. The molecule has 0 atom stereocenters. The molecule has 0 aliphatic heterocycles. The summed E-state index contributed by atoms with van der Waals surface area (Å²) in [5.74, 6) is 0.233. The monoisotopic (exact) mass is 360 g/mol. The molecular formula is C23H24N2O2. The highest BCUT2D eigenvalue weighted by Gasteiger charge is 2.26. The Morgan fingerprint density at radius 3 is 2.33 bits per heavy atom. The van der Waals surface area contributed by atoms with Crippen molar-refractivity contribution < 1.29 is 9.59 Å². The first-order valence-electron chi connectivity index (χ1n) is 9.50. The summed E-state index contributed by atoms with van der Waals surface area (Å²) in [6.45, 7) is 5.86. The van der Waals surface area contributed by atoms with Crippen molar-refractivity contribution in [2.24, 2.45) is 5.92 Å². The zero-order valence-electron chi connectivity index (χ0n) is 16.0. The quantitative estimate of drug-likeness (QED) is 0.639. The van der Waals surface area contributed by atoms with Gasteiger partial charge in [-0.05, 0) is 62.9 Å². The van der Waals surface area contributed by atoms with Gasteiger partial charge in [0.1, 0.15) is 0 Å². The SMILES string of the molecule is Cc1cccc(C)c1C(=O)c1c(C)[nH]c2ccc(NC(=O)C3CCC3)cc12. The number of amides is 1. The van der Waals surface area contributed by atoms with Gasteiger partial charge in [0.25, 0.3) is 0 Å². The molecule has 2 N–H and O–H groups in total. The van der Waals surface area contributed by atoms with Gasteiger partial charge in [-0.3, -0.25) is 9.59 Å². The fraction of sp³-hybridized carbons (Fsp3) is 0.304. The van der Waals surface area contributed by atoms with Crippen LogP contribution in [0.5, 0.6) is 0 Å². The highest BCUT2D eigenvalue weighted by molar-refractivity contribution is 6.19. The molecule has 2 aromatic carbocycles. The van der Waals surface area contributed by atoms with Crippen molar-refractivity contribution in [1.29, 1.82) is 0 Å². The number of nitrogens with one attached hydrogen (secondary N) is 2. The summed E-state index contributed by atoms with van der Waals surface area (Å²) in [5.41, 5.74) is 5.89. The fourth-order valence-corrected chi connectivity index (χ4v) is 3.91. The Balaban J connectivity index is 1.76. The molecule has 0 unspecified atom stereocenters. The lowest BCUT2D eigenvalue weighted by Crippen LogP contribution is -2.27. The van der Waals surface area contributed by atoms with Gasteiger partial charge in [-0.25, -0.2) is 0 Å². The van der Waals surface area contributed by atoms with Crippen LogP contribution in [0.2, 0.25) is 0 Å². The van der Waals surface area contributed by atoms with Crippen LogP contribution in [0.1, 0.15) is 52.0 Å². The standard InChI is InChI=1S/C23H24N2O2/c1-13-6-4-7-14(2)20(13)22(26)21-15(3)24-19-11-10-17(12-18(19)21)25-23(27)16-8-5-9-16/h4,6-7,10-12,16,24H,5,8-9H2,1-3H3,(H,25,27). The topological polar surface area (TPSA) is 62.0 Å². The van der Waals surface area contributed by atoms with E-state index in [-0.39, 0.29) is 17.6 Å². The van der Waals surface area contributed by atoms with Gasteiger partial charge in [-0.1, -0.05) is 24.6 Å². The van der Waals surface area contributed by atoms with Crippen molar-refractivity contribution in [3.63, 3.8) is 0 Å². The number of hydrogen-bond donors (Lipinski definition) is 2. The van der Waals surface area contributed by atoms with E-state index in [4.69, 9.17) is 0 Å². The molecule has 1 aliphatic carbocycles. The molecule has 4 nitrogen and oxygen atoms in total. The molecule has 1 fully saturated rings. The average Bonchev–Trinajstić information content (AvgIpc) is 2.88. The van der Waals surface area contributed by atoms with Crippen LogP contribution in [0.4, 0.5) is 5.69 Å². The number of aryl methyl sites for hydroxylation is 3. The summed E-state index contributed by atoms with van der Waals surface area (Å²) in [6, 6.07) is 11.6. The highest BCUT2D eigenvalue weighted by Crippen LogP contribution is 2.31. The van der Waals surface area contributed by atoms with Crippen LogP contribution in [0.25, 0.3) is 10.9 Å². The molecule has 0 radical (unpaired) electrons. The van der Waals surface area contributed by atoms with Crippen LogP contribution in [-0.4, -0.2) is 16.7 Å². The Morgan fingerprint density at radius 1 is 1.00 bits per heavy atom. The number of carbonyl (C=O) groups excluding carboxylic acids is 2. The van der Waals surface area contributed by atoms with E-state index < -0.39 is 0 Å². The lowest BCUT2D eigenvalue weighted by Gasteiger charge is -2.24. The fourth-order valence-electron chi connectivity index (χ4n) is 3.91. The highest BCUT2D eigenvalue weighted by atomic mass is 16.2. The van der Waals surface area contributed by atoms with Crippen molar-refractivity contribution in [3.8, 4) is 0 Å². The number of hydrogen-bond acceptors (Lipinski definition) is 2. The van der Waals surface area contributed by atoms with Crippen molar-refractivity contribution in [3.05, 3.63) is 64.3 Å². The van der Waals surface area contributed by atoms with E-state index in [0.29, 0.717) is 5.56 Å². The van der Waals surface area contributed by atoms with E-state index in [1.54, 1.807) is 0 Å². The van der Waals surface area contributed by atoms with Gasteiger partial charge in [0.2, 0.25) is 5.91 Å². The van der Waals surface area contributed by atoms with E-state index in [1.165, 1.54) is 0 Å². The summed E-state index contributed by atoms with van der Waals surface area (Å²) in [4.78, 5) is 29.0. The number of carbonyl (C=O) groups is 2. The molecule has 1 amide bonds. The van der Waals surface area contributed by atoms with E-state index in [9.17, 15) is 9.59 Å². The van der Waals surface area contributed by atoms with Gasteiger partial charge >= 0.3 is 0 Å². The summed E-state index contributed by atoms with van der Waals surface area (Å²) < 4.78 is 0. The first kappa shape index (κ1) is 17.5. The predicted molar refractivity (Wildman–Crippen MR) is 108 cm³/mol. The normalized spacial score (nSPS) is 14.2. The number of ketones is 1. The molecule has 0 saturated heterocycles. The maximum Gasteiger partial charge on any atom is 0.227 e. The minimum Gasteiger partial charge on any atom is -0.358 e. The second-order valence-electron chi connectivity index (χ2n) is 7.60. The minimum absolute atomic E-state index is 0.0248. The Labute approximate surface area is 159 Å². The zero-order chi connectivity index (χ0) is 19.1. The molecule has 4 rings (SSSR count). The zero-order valence-corrected chi connectivity index (χ0v) is 16.0. The number of anilines is 1. The van der Waals surface area contributed by atoms with Crippen LogP contribution >= 0.6 is 0 Å². The Hall–Kier alpha value is -2.88. The number of fused-ring (bicyclic) bond motifs is 1. The van der Waals surface area contributed by atoms with Crippen LogP contribution in [-0.2, 0) is 4.79 Å². The van der Waals surface area contributed by atoms with Crippen molar-refractivity contribution in [2.45, 2.75) is 40.0 Å². The predicted octanol–water partition coefficient (Wildman–Crippen LogP) is 5.06. The maximum atomic E-state index is 13.4. The molecule has 4 heteroatoms. The van der Waals surface area contributed by atoms with Crippen LogP contribution in [0, 0.1) is 26.7 Å². The molecule has 1 aromatic heterocycles. The van der Waals surface area contributed by atoms with Crippen molar-refractivity contribution in [1.82, 2.24) is 4.98 Å². The molecule has 1 heterocycles. The number of H-pyrrole nitrogens is 1. The molecule has 0 bridgehead atoms. The van der Waals surface area contributed by atoms with Gasteiger partial charge in [0.05, 0.1) is 5.56 Å². The van der Waals surface area contributed by atoms with E-state index in [2.05, 4.69) is 10.3 Å². The molecule has 0 spiro atoms. The summed E-state index contributed by atoms with van der Waals surface area (Å²) in [5, 5.41) is 3.86. The lowest BCUT2D eigenvalue weighted by molar-refractivity contribution is -0.122. The largest absolute Gasteiger partial charge is 0.358 e. The third kappa shape index (κ3) is 3.05. The minimum atomic E-state index is 0.0248.